The molecule has 24 heavy (non-hydrogen) atoms. The number of halogens is 1. The highest BCUT2D eigenvalue weighted by atomic mass is 19.1. The predicted octanol–water partition coefficient (Wildman–Crippen LogP) is 2.03. The van der Waals surface area contributed by atoms with Crippen molar-refractivity contribution in [2.75, 3.05) is 32.9 Å². The van der Waals surface area contributed by atoms with Crippen molar-refractivity contribution >= 4 is 5.91 Å². The van der Waals surface area contributed by atoms with Crippen LogP contribution in [0.15, 0.2) is 28.8 Å². The molecule has 1 fully saturated rings. The lowest BCUT2D eigenvalue weighted by molar-refractivity contribution is 0.0736. The summed E-state index contributed by atoms with van der Waals surface area (Å²) in [6.45, 7) is 5.91. The summed E-state index contributed by atoms with van der Waals surface area (Å²) in [6, 6.07) is 7.09. The molecule has 128 valence electrons. The Morgan fingerprint density at radius 2 is 1.96 bits per heavy atom. The van der Waals surface area contributed by atoms with Crippen molar-refractivity contribution in [1.29, 1.82) is 0 Å². The summed E-state index contributed by atoms with van der Waals surface area (Å²) < 4.78 is 18.2. The molecule has 0 atom stereocenters. The van der Waals surface area contributed by atoms with Crippen LogP contribution in [0.4, 0.5) is 4.39 Å². The summed E-state index contributed by atoms with van der Waals surface area (Å²) in [5.41, 5.74) is 0.564. The minimum absolute atomic E-state index is 0.0235. The minimum Gasteiger partial charge on any atom is -0.338 e. The second kappa shape index (κ2) is 6.68. The highest BCUT2D eigenvalue weighted by molar-refractivity contribution is 5.94. The van der Waals surface area contributed by atoms with Crippen molar-refractivity contribution in [1.82, 2.24) is 20.4 Å². The number of carbonyl (C=O) groups excluding carboxylic acids is 1. The molecular weight excluding hydrogens is 311 g/mol. The van der Waals surface area contributed by atoms with E-state index in [1.807, 2.05) is 4.90 Å². The van der Waals surface area contributed by atoms with Gasteiger partial charge in [-0.25, -0.2) is 4.39 Å². The first-order valence-electron chi connectivity index (χ1n) is 8.02. The Kier molecular flexibility index (Phi) is 4.62. The Balaban J connectivity index is 1.76. The molecule has 0 unspecified atom stereocenters. The molecule has 0 aliphatic carbocycles. The summed E-state index contributed by atoms with van der Waals surface area (Å²) in [6.07, 6.45) is 0. The van der Waals surface area contributed by atoms with Crippen molar-refractivity contribution < 1.29 is 13.7 Å². The van der Waals surface area contributed by atoms with Crippen LogP contribution in [0, 0.1) is 0 Å². The number of piperazine rings is 1. The third-order valence-corrected chi connectivity index (χ3v) is 4.13. The van der Waals surface area contributed by atoms with Crippen LogP contribution in [0.2, 0.25) is 0 Å². The molecule has 7 heteroatoms. The van der Waals surface area contributed by atoms with Gasteiger partial charge in [0.05, 0.1) is 5.41 Å². The van der Waals surface area contributed by atoms with Gasteiger partial charge in [0.25, 0.3) is 5.91 Å². The molecule has 1 saturated heterocycles. The van der Waals surface area contributed by atoms with Crippen molar-refractivity contribution in [3.05, 3.63) is 35.7 Å². The number of nitrogens with one attached hydrogen (secondary N) is 1. The van der Waals surface area contributed by atoms with Crippen molar-refractivity contribution in [2.24, 2.45) is 0 Å². The highest BCUT2D eigenvalue weighted by Gasteiger charge is 2.28. The minimum atomic E-state index is -0.802. The maximum Gasteiger partial charge on any atom is 0.253 e. The van der Waals surface area contributed by atoms with Crippen LogP contribution < -0.4 is 5.32 Å². The summed E-state index contributed by atoms with van der Waals surface area (Å²) in [4.78, 5) is 18.5. The molecule has 0 radical (unpaired) electrons. The van der Waals surface area contributed by atoms with Gasteiger partial charge in [-0.2, -0.15) is 4.98 Å². The molecule has 1 aromatic heterocycles. The zero-order chi connectivity index (χ0) is 17.2. The second-order valence-electron chi connectivity index (χ2n) is 6.56. The Bertz CT molecular complexity index is 706. The number of amides is 1. The van der Waals surface area contributed by atoms with E-state index in [1.54, 1.807) is 38.1 Å². The monoisotopic (exact) mass is 332 g/mol. The van der Waals surface area contributed by atoms with Crippen LogP contribution in [-0.2, 0) is 5.41 Å². The summed E-state index contributed by atoms with van der Waals surface area (Å²) in [7, 11) is 0. The zero-order valence-corrected chi connectivity index (χ0v) is 13.9. The van der Waals surface area contributed by atoms with Crippen LogP contribution in [0.25, 0.3) is 11.4 Å². The van der Waals surface area contributed by atoms with E-state index < -0.39 is 12.1 Å². The molecule has 1 amide bonds. The summed E-state index contributed by atoms with van der Waals surface area (Å²) in [5, 5.41) is 7.13. The Hall–Kier alpha value is -2.28. The number of alkyl halides is 1. The molecule has 2 heterocycles. The molecular formula is C17H21FN4O2. The fraction of sp³-hybridized carbons (Fsp3) is 0.471. The van der Waals surface area contributed by atoms with E-state index in [0.717, 1.165) is 18.7 Å². The van der Waals surface area contributed by atoms with Crippen molar-refractivity contribution in [3.8, 4) is 11.4 Å². The van der Waals surface area contributed by atoms with E-state index in [2.05, 4.69) is 15.5 Å². The number of rotatable bonds is 4. The van der Waals surface area contributed by atoms with Gasteiger partial charge >= 0.3 is 0 Å². The Morgan fingerprint density at radius 1 is 1.29 bits per heavy atom. The van der Waals surface area contributed by atoms with Crippen molar-refractivity contribution in [3.63, 3.8) is 0 Å². The summed E-state index contributed by atoms with van der Waals surface area (Å²) in [5.74, 6) is 0.684. The number of benzene rings is 1. The van der Waals surface area contributed by atoms with Gasteiger partial charge in [-0.15, -0.1) is 0 Å². The van der Waals surface area contributed by atoms with Crippen LogP contribution in [0.1, 0.15) is 30.1 Å². The molecule has 0 saturated carbocycles. The van der Waals surface area contributed by atoms with Gasteiger partial charge in [-0.3, -0.25) is 4.79 Å². The highest BCUT2D eigenvalue weighted by Crippen LogP contribution is 2.25. The molecule has 1 N–H and O–H groups in total. The fourth-order valence-electron chi connectivity index (χ4n) is 2.49. The Labute approximate surface area is 140 Å². The zero-order valence-electron chi connectivity index (χ0n) is 13.9. The third kappa shape index (κ3) is 3.31. The van der Waals surface area contributed by atoms with Crippen LogP contribution in [-0.4, -0.2) is 53.8 Å². The molecule has 1 aliphatic rings. The molecule has 0 spiro atoms. The van der Waals surface area contributed by atoms with E-state index in [9.17, 15) is 9.18 Å². The van der Waals surface area contributed by atoms with E-state index >= 15 is 0 Å². The lowest BCUT2D eigenvalue weighted by Crippen LogP contribution is -2.46. The first kappa shape index (κ1) is 16.6. The van der Waals surface area contributed by atoms with E-state index in [0.29, 0.717) is 24.5 Å². The third-order valence-electron chi connectivity index (χ3n) is 4.13. The number of hydrogen-bond acceptors (Lipinski definition) is 5. The second-order valence-corrected chi connectivity index (χ2v) is 6.56. The van der Waals surface area contributed by atoms with Gasteiger partial charge in [0, 0.05) is 37.3 Å². The van der Waals surface area contributed by atoms with E-state index in [4.69, 9.17) is 4.52 Å². The van der Waals surface area contributed by atoms with Crippen LogP contribution in [0.5, 0.6) is 0 Å². The smallest absolute Gasteiger partial charge is 0.253 e. The van der Waals surface area contributed by atoms with E-state index in [-0.39, 0.29) is 11.8 Å². The predicted molar refractivity (Wildman–Crippen MR) is 87.5 cm³/mol. The lowest BCUT2D eigenvalue weighted by atomic mass is 9.96. The first-order chi connectivity index (χ1) is 11.5. The standard InChI is InChI=1S/C17H21FN4O2/c1-17(2,11-18)16-20-14(21-24-16)12-3-5-13(6-4-12)15(23)22-9-7-19-8-10-22/h3-6,19H,7-11H2,1-2H3. The quantitative estimate of drug-likeness (QED) is 0.927. The molecule has 3 rings (SSSR count). The van der Waals surface area contributed by atoms with Crippen LogP contribution >= 0.6 is 0 Å². The number of hydrogen-bond donors (Lipinski definition) is 1. The summed E-state index contributed by atoms with van der Waals surface area (Å²) >= 11 is 0. The normalized spacial score (nSPS) is 15.5. The molecule has 6 nitrogen and oxygen atoms in total. The van der Waals surface area contributed by atoms with Crippen molar-refractivity contribution in [2.45, 2.75) is 19.3 Å². The number of nitrogens with zero attached hydrogens (tertiary/aromatic N) is 3. The van der Waals surface area contributed by atoms with Gasteiger partial charge in [-0.1, -0.05) is 17.3 Å². The molecule has 2 aromatic rings. The van der Waals surface area contributed by atoms with E-state index in [1.165, 1.54) is 0 Å². The van der Waals surface area contributed by atoms with Gasteiger partial charge in [0.15, 0.2) is 0 Å². The topological polar surface area (TPSA) is 71.3 Å². The average molecular weight is 332 g/mol. The molecule has 1 aliphatic heterocycles. The number of carbonyl (C=O) groups is 1. The lowest BCUT2D eigenvalue weighted by Gasteiger charge is -2.27. The van der Waals surface area contributed by atoms with Gasteiger partial charge in [-0.05, 0) is 26.0 Å². The maximum absolute atomic E-state index is 13.0. The fourth-order valence-corrected chi connectivity index (χ4v) is 2.49. The van der Waals surface area contributed by atoms with Gasteiger partial charge < -0.3 is 14.7 Å². The maximum atomic E-state index is 13.0. The molecule has 0 bridgehead atoms. The first-order valence-corrected chi connectivity index (χ1v) is 8.02. The molecule has 1 aromatic carbocycles. The average Bonchev–Trinajstić information content (AvgIpc) is 3.13. The largest absolute Gasteiger partial charge is 0.338 e. The SMILES string of the molecule is CC(C)(CF)c1nc(-c2ccc(C(=O)N3CCNCC3)cc2)no1. The van der Waals surface area contributed by atoms with Crippen LogP contribution in [0.3, 0.4) is 0 Å². The Morgan fingerprint density at radius 3 is 2.58 bits per heavy atom. The number of aromatic nitrogens is 2. The van der Waals surface area contributed by atoms with Gasteiger partial charge in [0.2, 0.25) is 11.7 Å². The van der Waals surface area contributed by atoms with Gasteiger partial charge in [0.1, 0.15) is 6.67 Å².